The van der Waals surface area contributed by atoms with E-state index in [-0.39, 0.29) is 42.4 Å². The van der Waals surface area contributed by atoms with E-state index in [0.717, 1.165) is 41.1 Å². The lowest BCUT2D eigenvalue weighted by Gasteiger charge is -2.30. The molecule has 0 saturated carbocycles. The standard InChI is InChI=1S/C41H40Cl2N6O4.ClH/c1-27-23-35(49-21-6-3-7-22-49)31-10-8-11-36(40(31)47-27)53-26-32-33(42)17-18-34(39(32)43)48(2)38(51)25-45-37(50)19-14-28-12-15-29(16-13-28)41(52)46-24-30-9-4-5-20-44-30;/h4-5,8-20,23H,3,6-7,21-22,24-26H2,1-2H3,(H,45,50)(H,46,52);1H/b19-14+;. The lowest BCUT2D eigenvalue weighted by Crippen LogP contribution is -2.37. The first-order valence-electron chi connectivity index (χ1n) is 17.4. The molecule has 2 aromatic heterocycles. The summed E-state index contributed by atoms with van der Waals surface area (Å²) < 4.78 is 6.31. The Morgan fingerprint density at radius 1 is 0.944 bits per heavy atom. The highest BCUT2D eigenvalue weighted by Gasteiger charge is 2.21. The van der Waals surface area contributed by atoms with Gasteiger partial charge in [-0.3, -0.25) is 19.4 Å². The van der Waals surface area contributed by atoms with Crippen LogP contribution in [0, 0.1) is 6.92 Å². The molecule has 3 heterocycles. The zero-order valence-corrected chi connectivity index (χ0v) is 32.3. The molecule has 1 aliphatic heterocycles. The minimum atomic E-state index is -0.456. The Balaban J connectivity index is 0.00000561. The molecule has 3 amide bonds. The number of hydrogen-bond acceptors (Lipinski definition) is 7. The van der Waals surface area contributed by atoms with E-state index >= 15 is 0 Å². The van der Waals surface area contributed by atoms with Gasteiger partial charge in [0.15, 0.2) is 0 Å². The molecule has 13 heteroatoms. The van der Waals surface area contributed by atoms with Crippen LogP contribution in [-0.2, 0) is 22.7 Å². The second-order valence-electron chi connectivity index (χ2n) is 12.8. The average Bonchev–Trinajstić information content (AvgIpc) is 3.18. The summed E-state index contributed by atoms with van der Waals surface area (Å²) >= 11 is 13.4. The predicted molar refractivity (Wildman–Crippen MR) is 218 cm³/mol. The van der Waals surface area contributed by atoms with Gasteiger partial charge in [-0.2, -0.15) is 0 Å². The van der Waals surface area contributed by atoms with Gasteiger partial charge in [-0.1, -0.05) is 53.5 Å². The Bertz CT molecular complexity index is 2140. The summed E-state index contributed by atoms with van der Waals surface area (Å²) in [5, 5.41) is 7.14. The second-order valence-corrected chi connectivity index (χ2v) is 13.5. The third kappa shape index (κ3) is 9.87. The van der Waals surface area contributed by atoms with Crippen LogP contribution in [0.1, 0.15) is 52.1 Å². The van der Waals surface area contributed by atoms with Gasteiger partial charge in [0.25, 0.3) is 5.91 Å². The summed E-state index contributed by atoms with van der Waals surface area (Å²) in [5.74, 6) is -0.462. The molecule has 1 saturated heterocycles. The highest BCUT2D eigenvalue weighted by molar-refractivity contribution is 6.38. The number of nitrogens with one attached hydrogen (secondary N) is 2. The Labute approximate surface area is 330 Å². The molecule has 10 nitrogen and oxygen atoms in total. The monoisotopic (exact) mass is 786 g/mol. The molecule has 0 atom stereocenters. The number of ether oxygens (including phenoxy) is 1. The van der Waals surface area contributed by atoms with E-state index in [1.54, 1.807) is 55.7 Å². The number of halogens is 3. The van der Waals surface area contributed by atoms with Crippen LogP contribution in [-0.4, -0.2) is 54.4 Å². The van der Waals surface area contributed by atoms with Gasteiger partial charge in [0.2, 0.25) is 11.8 Å². The van der Waals surface area contributed by atoms with E-state index < -0.39 is 5.91 Å². The molecular weight excluding hydrogens is 747 g/mol. The number of piperidine rings is 1. The summed E-state index contributed by atoms with van der Waals surface area (Å²) in [5.41, 5.74) is 5.73. The number of rotatable bonds is 12. The Hall–Kier alpha value is -5.16. The molecule has 54 heavy (non-hydrogen) atoms. The number of amides is 3. The molecule has 0 spiro atoms. The SMILES string of the molecule is Cc1cc(N2CCCCC2)c2cccc(OCc3c(Cl)ccc(N(C)C(=O)CNC(=O)/C=C/c4ccc(C(=O)NCc5ccccn5)cc4)c3Cl)c2n1.Cl. The third-order valence-electron chi connectivity index (χ3n) is 9.05. The van der Waals surface area contributed by atoms with Crippen LogP contribution < -0.4 is 25.2 Å². The van der Waals surface area contributed by atoms with Crippen LogP contribution in [0.4, 0.5) is 11.4 Å². The van der Waals surface area contributed by atoms with Crippen LogP contribution in [0.15, 0.2) is 91.1 Å². The van der Waals surface area contributed by atoms with Crippen LogP contribution in [0.25, 0.3) is 17.0 Å². The average molecular weight is 788 g/mol. The number of likely N-dealkylation sites (N-methyl/N-ethyl adjacent to an activating group) is 1. The minimum absolute atomic E-state index is 0. The molecular formula is C41H41Cl3N6O4. The van der Waals surface area contributed by atoms with Crippen molar-refractivity contribution in [2.24, 2.45) is 0 Å². The molecule has 280 valence electrons. The van der Waals surface area contributed by atoms with Crippen molar-refractivity contribution in [1.29, 1.82) is 0 Å². The van der Waals surface area contributed by atoms with Crippen LogP contribution in [0.3, 0.4) is 0 Å². The highest BCUT2D eigenvalue weighted by atomic mass is 35.5. The molecule has 6 rings (SSSR count). The van der Waals surface area contributed by atoms with E-state index in [9.17, 15) is 14.4 Å². The normalized spacial score (nSPS) is 12.6. The van der Waals surface area contributed by atoms with Crippen molar-refractivity contribution in [1.82, 2.24) is 20.6 Å². The van der Waals surface area contributed by atoms with Gasteiger partial charge in [0.05, 0.1) is 29.5 Å². The number of pyridine rings is 2. The fraction of sp³-hybridized carbons (Fsp3) is 0.244. The van der Waals surface area contributed by atoms with E-state index in [4.69, 9.17) is 32.9 Å². The number of aromatic nitrogens is 2. The molecule has 0 aliphatic carbocycles. The first-order valence-corrected chi connectivity index (χ1v) is 18.2. The lowest BCUT2D eigenvalue weighted by molar-refractivity contribution is -0.122. The number of benzene rings is 3. The second kappa shape index (κ2) is 18.7. The summed E-state index contributed by atoms with van der Waals surface area (Å²) in [6.07, 6.45) is 8.18. The van der Waals surface area contributed by atoms with Crippen molar-refractivity contribution >= 4 is 81.7 Å². The first kappa shape index (κ1) is 40.0. The Kier molecular flexibility index (Phi) is 13.9. The van der Waals surface area contributed by atoms with Gasteiger partial charge in [-0.15, -0.1) is 12.4 Å². The fourth-order valence-corrected chi connectivity index (χ4v) is 6.74. The number of anilines is 2. The molecule has 0 bridgehead atoms. The molecule has 3 aromatic carbocycles. The number of hydrogen-bond donors (Lipinski definition) is 2. The van der Waals surface area contributed by atoms with Gasteiger partial charge in [-0.25, -0.2) is 4.98 Å². The lowest BCUT2D eigenvalue weighted by atomic mass is 10.1. The van der Waals surface area contributed by atoms with E-state index in [0.29, 0.717) is 39.7 Å². The maximum atomic E-state index is 13.1. The topological polar surface area (TPSA) is 117 Å². The zero-order valence-electron chi connectivity index (χ0n) is 30.0. The molecule has 0 radical (unpaired) electrons. The third-order valence-corrected chi connectivity index (χ3v) is 9.82. The van der Waals surface area contributed by atoms with Crippen molar-refractivity contribution < 1.29 is 19.1 Å². The molecule has 1 fully saturated rings. The van der Waals surface area contributed by atoms with Gasteiger partial charge in [-0.05, 0) is 86.4 Å². The van der Waals surface area contributed by atoms with Crippen molar-refractivity contribution in [3.05, 3.63) is 129 Å². The van der Waals surface area contributed by atoms with Crippen molar-refractivity contribution in [3.8, 4) is 5.75 Å². The van der Waals surface area contributed by atoms with Crippen LogP contribution in [0.5, 0.6) is 5.75 Å². The van der Waals surface area contributed by atoms with Crippen molar-refractivity contribution in [2.75, 3.05) is 36.5 Å². The van der Waals surface area contributed by atoms with Gasteiger partial charge < -0.3 is 25.2 Å². The maximum absolute atomic E-state index is 13.1. The first-order chi connectivity index (χ1) is 25.7. The molecule has 1 aliphatic rings. The predicted octanol–water partition coefficient (Wildman–Crippen LogP) is 7.96. The minimum Gasteiger partial charge on any atom is -0.487 e. The largest absolute Gasteiger partial charge is 0.487 e. The highest BCUT2D eigenvalue weighted by Crippen LogP contribution is 2.37. The number of para-hydroxylation sites is 1. The summed E-state index contributed by atoms with van der Waals surface area (Å²) in [4.78, 5) is 51.0. The number of aryl methyl sites for hydroxylation is 1. The fourth-order valence-electron chi connectivity index (χ4n) is 6.14. The number of carbonyl (C=O) groups is 3. The Morgan fingerprint density at radius 2 is 1.72 bits per heavy atom. The van der Waals surface area contributed by atoms with E-state index in [2.05, 4.69) is 32.7 Å². The quantitative estimate of drug-likeness (QED) is 0.123. The zero-order chi connectivity index (χ0) is 37.3. The summed E-state index contributed by atoms with van der Waals surface area (Å²) in [6.45, 7) is 4.12. The number of nitrogens with zero attached hydrogens (tertiary/aromatic N) is 4. The van der Waals surface area contributed by atoms with Crippen LogP contribution >= 0.6 is 35.6 Å². The maximum Gasteiger partial charge on any atom is 0.251 e. The smallest absolute Gasteiger partial charge is 0.251 e. The van der Waals surface area contributed by atoms with E-state index in [1.165, 1.54) is 30.2 Å². The molecule has 5 aromatic rings. The van der Waals surface area contributed by atoms with E-state index in [1.807, 2.05) is 37.3 Å². The Morgan fingerprint density at radius 3 is 2.46 bits per heavy atom. The molecule has 2 N–H and O–H groups in total. The van der Waals surface area contributed by atoms with Gasteiger partial charge in [0.1, 0.15) is 17.9 Å². The summed E-state index contributed by atoms with van der Waals surface area (Å²) in [6, 6.07) is 23.7. The van der Waals surface area contributed by atoms with Crippen LogP contribution in [0.2, 0.25) is 10.0 Å². The summed E-state index contributed by atoms with van der Waals surface area (Å²) in [7, 11) is 1.58. The van der Waals surface area contributed by atoms with Gasteiger partial charge >= 0.3 is 0 Å². The van der Waals surface area contributed by atoms with Crippen molar-refractivity contribution in [2.45, 2.75) is 39.3 Å². The number of carbonyl (C=O) groups excluding carboxylic acids is 3. The van der Waals surface area contributed by atoms with Crippen molar-refractivity contribution in [3.63, 3.8) is 0 Å². The van der Waals surface area contributed by atoms with Gasteiger partial charge in [0, 0.05) is 65.3 Å². The molecule has 0 unspecified atom stereocenters. The number of fused-ring (bicyclic) bond motifs is 1.